The molecule has 104 valence electrons. The van der Waals surface area contributed by atoms with Crippen molar-refractivity contribution in [1.29, 1.82) is 0 Å². The lowest BCUT2D eigenvalue weighted by atomic mass is 10.1. The Morgan fingerprint density at radius 3 is 2.89 bits per heavy atom. The molecule has 0 bridgehead atoms. The molecule has 0 spiro atoms. The van der Waals surface area contributed by atoms with E-state index in [9.17, 15) is 9.59 Å². The molecule has 7 heteroatoms. The van der Waals surface area contributed by atoms with E-state index in [0.717, 1.165) is 37.3 Å². The molecule has 0 radical (unpaired) electrons. The fourth-order valence-corrected chi connectivity index (χ4v) is 3.01. The topological polar surface area (TPSA) is 73.7 Å². The van der Waals surface area contributed by atoms with E-state index in [1.807, 2.05) is 7.05 Å². The lowest BCUT2D eigenvalue weighted by Gasteiger charge is -2.35. The fraction of sp³-hybridized carbons (Fsp3) is 0.583. The van der Waals surface area contributed by atoms with E-state index < -0.39 is 5.97 Å². The number of carbonyl (C=O) groups excluding carboxylic acids is 1. The van der Waals surface area contributed by atoms with Crippen molar-refractivity contribution in [3.63, 3.8) is 0 Å². The molecular formula is C12H17N3O3S. The summed E-state index contributed by atoms with van der Waals surface area (Å²) in [5.74, 6) is -1.30. The number of nitrogens with zero attached hydrogens (tertiary/aromatic N) is 3. The summed E-state index contributed by atoms with van der Waals surface area (Å²) in [6.07, 6.45) is 2.04. The van der Waals surface area contributed by atoms with E-state index in [1.54, 1.807) is 11.9 Å². The maximum absolute atomic E-state index is 12.2. The largest absolute Gasteiger partial charge is 0.476 e. The highest BCUT2D eigenvalue weighted by Gasteiger charge is 2.27. The summed E-state index contributed by atoms with van der Waals surface area (Å²) in [6.45, 7) is 1.90. The van der Waals surface area contributed by atoms with Gasteiger partial charge in [0.05, 0.1) is 0 Å². The average Bonchev–Trinajstić information content (AvgIpc) is 2.86. The van der Waals surface area contributed by atoms with Gasteiger partial charge in [-0.05, 0) is 26.4 Å². The molecule has 1 unspecified atom stereocenters. The van der Waals surface area contributed by atoms with E-state index in [0.29, 0.717) is 0 Å². The van der Waals surface area contributed by atoms with Crippen molar-refractivity contribution in [1.82, 2.24) is 14.8 Å². The Morgan fingerprint density at radius 2 is 2.32 bits per heavy atom. The fourth-order valence-electron chi connectivity index (χ4n) is 2.24. The van der Waals surface area contributed by atoms with Gasteiger partial charge < -0.3 is 14.9 Å². The number of amides is 1. The second kappa shape index (κ2) is 5.66. The van der Waals surface area contributed by atoms with Crippen LogP contribution in [0.2, 0.25) is 0 Å². The van der Waals surface area contributed by atoms with Gasteiger partial charge >= 0.3 is 5.97 Å². The number of thiazole rings is 1. The van der Waals surface area contributed by atoms with Crippen molar-refractivity contribution in [3.05, 3.63) is 16.1 Å². The first-order valence-electron chi connectivity index (χ1n) is 6.13. The number of hydrogen-bond donors (Lipinski definition) is 1. The van der Waals surface area contributed by atoms with Gasteiger partial charge in [0.15, 0.2) is 10.7 Å². The number of piperidine rings is 1. The van der Waals surface area contributed by atoms with Crippen molar-refractivity contribution in [3.8, 4) is 0 Å². The summed E-state index contributed by atoms with van der Waals surface area (Å²) in [7, 11) is 3.80. The standard InChI is InChI=1S/C12H17N3O3S/c1-14-5-3-4-8(6-14)15(2)11(16)10-13-9(7-19-10)12(17)18/h7-8H,3-6H2,1-2H3,(H,17,18). The molecule has 1 saturated heterocycles. The van der Waals surface area contributed by atoms with E-state index in [1.165, 1.54) is 5.38 Å². The van der Waals surface area contributed by atoms with Gasteiger partial charge in [0, 0.05) is 25.0 Å². The van der Waals surface area contributed by atoms with Crippen LogP contribution in [-0.4, -0.2) is 65.0 Å². The summed E-state index contributed by atoms with van der Waals surface area (Å²) in [5, 5.41) is 10.5. The molecule has 1 N–H and O–H groups in total. The van der Waals surface area contributed by atoms with Crippen LogP contribution in [0.4, 0.5) is 0 Å². The molecule has 1 fully saturated rings. The number of rotatable bonds is 3. The molecule has 2 rings (SSSR count). The zero-order chi connectivity index (χ0) is 14.0. The number of carboxylic acid groups (broad SMARTS) is 1. The number of aromatic carboxylic acids is 1. The first kappa shape index (κ1) is 14.0. The summed E-state index contributed by atoms with van der Waals surface area (Å²) < 4.78 is 0. The third-order valence-corrected chi connectivity index (χ3v) is 4.20. The molecule has 19 heavy (non-hydrogen) atoms. The molecule has 2 heterocycles. The van der Waals surface area contributed by atoms with E-state index >= 15 is 0 Å². The number of hydrogen-bond acceptors (Lipinski definition) is 5. The molecule has 1 aromatic heterocycles. The monoisotopic (exact) mass is 283 g/mol. The number of aromatic nitrogens is 1. The highest BCUT2D eigenvalue weighted by Crippen LogP contribution is 2.18. The zero-order valence-corrected chi connectivity index (χ0v) is 11.8. The first-order valence-corrected chi connectivity index (χ1v) is 7.01. The molecular weight excluding hydrogens is 266 g/mol. The van der Waals surface area contributed by atoms with Gasteiger partial charge in [-0.1, -0.05) is 0 Å². The quantitative estimate of drug-likeness (QED) is 0.896. The maximum atomic E-state index is 12.2. The SMILES string of the molecule is CN1CCCC(N(C)C(=O)c2nc(C(=O)O)cs2)C1. The van der Waals surface area contributed by atoms with Crippen LogP contribution in [0.15, 0.2) is 5.38 Å². The molecule has 1 aliphatic heterocycles. The molecule has 1 atom stereocenters. The summed E-state index contributed by atoms with van der Waals surface area (Å²) in [6, 6.07) is 0.170. The van der Waals surface area contributed by atoms with Gasteiger partial charge in [-0.25, -0.2) is 9.78 Å². The molecule has 6 nitrogen and oxygen atoms in total. The molecule has 0 aromatic carbocycles. The minimum atomic E-state index is -1.10. The van der Waals surface area contributed by atoms with Crippen LogP contribution in [0.1, 0.15) is 33.1 Å². The second-order valence-electron chi connectivity index (χ2n) is 4.82. The number of carboxylic acids is 1. The number of carbonyl (C=O) groups is 2. The number of likely N-dealkylation sites (N-methyl/N-ethyl adjacent to an activating group) is 2. The van der Waals surface area contributed by atoms with Gasteiger partial charge in [0.2, 0.25) is 0 Å². The van der Waals surface area contributed by atoms with Gasteiger partial charge in [0.25, 0.3) is 5.91 Å². The van der Waals surface area contributed by atoms with Crippen molar-refractivity contribution < 1.29 is 14.7 Å². The highest BCUT2D eigenvalue weighted by atomic mass is 32.1. The lowest BCUT2D eigenvalue weighted by molar-refractivity contribution is 0.0643. The normalized spacial score (nSPS) is 20.2. The molecule has 1 amide bonds. The minimum Gasteiger partial charge on any atom is -0.476 e. The van der Waals surface area contributed by atoms with Crippen LogP contribution < -0.4 is 0 Å². The van der Waals surface area contributed by atoms with Crippen LogP contribution in [0.5, 0.6) is 0 Å². The van der Waals surface area contributed by atoms with Crippen LogP contribution in [0.25, 0.3) is 0 Å². The Hall–Kier alpha value is -1.47. The average molecular weight is 283 g/mol. The molecule has 1 aliphatic rings. The van der Waals surface area contributed by atoms with E-state index in [2.05, 4.69) is 9.88 Å². The van der Waals surface area contributed by atoms with Gasteiger partial charge in [-0.2, -0.15) is 0 Å². The highest BCUT2D eigenvalue weighted by molar-refractivity contribution is 7.11. The lowest BCUT2D eigenvalue weighted by Crippen LogP contribution is -2.47. The Labute approximate surface area is 115 Å². The third kappa shape index (κ3) is 3.10. The Balaban J connectivity index is 2.07. The van der Waals surface area contributed by atoms with E-state index in [-0.39, 0.29) is 22.7 Å². The van der Waals surface area contributed by atoms with Crippen LogP contribution in [-0.2, 0) is 0 Å². The Bertz CT molecular complexity index is 488. The van der Waals surface area contributed by atoms with Gasteiger partial charge in [0.1, 0.15) is 0 Å². The third-order valence-electron chi connectivity index (χ3n) is 3.37. The van der Waals surface area contributed by atoms with E-state index in [4.69, 9.17) is 5.11 Å². The Kier molecular flexibility index (Phi) is 4.16. The first-order chi connectivity index (χ1) is 8.99. The number of likely N-dealkylation sites (tertiary alicyclic amines) is 1. The van der Waals surface area contributed by atoms with Crippen molar-refractivity contribution >= 4 is 23.2 Å². The second-order valence-corrected chi connectivity index (χ2v) is 5.68. The van der Waals surface area contributed by atoms with Gasteiger partial charge in [-0.15, -0.1) is 11.3 Å². The molecule has 0 aliphatic carbocycles. The summed E-state index contributed by atoms with van der Waals surface area (Å²) >= 11 is 1.08. The summed E-state index contributed by atoms with van der Waals surface area (Å²) in [4.78, 5) is 30.7. The smallest absolute Gasteiger partial charge is 0.355 e. The van der Waals surface area contributed by atoms with Crippen LogP contribution in [0.3, 0.4) is 0 Å². The van der Waals surface area contributed by atoms with Crippen molar-refractivity contribution in [2.45, 2.75) is 18.9 Å². The molecule has 1 aromatic rings. The Morgan fingerprint density at radius 1 is 1.58 bits per heavy atom. The molecule has 0 saturated carbocycles. The minimum absolute atomic E-state index is 0.0671. The van der Waals surface area contributed by atoms with Crippen molar-refractivity contribution in [2.75, 3.05) is 27.2 Å². The van der Waals surface area contributed by atoms with Crippen molar-refractivity contribution in [2.24, 2.45) is 0 Å². The predicted octanol–water partition coefficient (Wildman–Crippen LogP) is 1.01. The predicted molar refractivity (Wildman–Crippen MR) is 71.7 cm³/mol. The van der Waals surface area contributed by atoms with Crippen LogP contribution >= 0.6 is 11.3 Å². The summed E-state index contributed by atoms with van der Waals surface area (Å²) in [5.41, 5.74) is -0.0671. The van der Waals surface area contributed by atoms with Gasteiger partial charge in [-0.3, -0.25) is 4.79 Å². The van der Waals surface area contributed by atoms with Crippen LogP contribution in [0, 0.1) is 0 Å². The maximum Gasteiger partial charge on any atom is 0.355 e. The zero-order valence-electron chi connectivity index (χ0n) is 11.0.